The maximum atomic E-state index is 9.56. The lowest BCUT2D eigenvalue weighted by Gasteiger charge is -2.27. The first-order valence-electron chi connectivity index (χ1n) is 6.75. The van der Waals surface area contributed by atoms with Crippen molar-refractivity contribution in [1.29, 1.82) is 5.26 Å². The van der Waals surface area contributed by atoms with Crippen LogP contribution in [0.25, 0.3) is 0 Å². The van der Waals surface area contributed by atoms with Crippen molar-refractivity contribution in [2.75, 3.05) is 25.0 Å². The topological polar surface area (TPSA) is 39.1 Å². The Labute approximate surface area is 109 Å². The van der Waals surface area contributed by atoms with Gasteiger partial charge in [-0.15, -0.1) is 0 Å². The minimum atomic E-state index is -0.398. The third-order valence-corrected chi connectivity index (χ3v) is 3.75. The standard InChI is InChI=1S/C15H21N3/c1-2-18-11-6-9-15(13-16,10-12-18)17-14-7-4-3-5-8-14/h3-5,7-8,17H,2,6,9-12H2,1H3. The molecule has 0 radical (unpaired) electrons. The number of rotatable bonds is 3. The average Bonchev–Trinajstić information content (AvgIpc) is 2.63. The third-order valence-electron chi connectivity index (χ3n) is 3.75. The molecule has 1 aromatic carbocycles. The van der Waals surface area contributed by atoms with Crippen molar-refractivity contribution in [2.45, 2.75) is 31.7 Å². The maximum absolute atomic E-state index is 9.56. The first-order valence-corrected chi connectivity index (χ1v) is 6.75. The Morgan fingerprint density at radius 2 is 2.06 bits per heavy atom. The van der Waals surface area contributed by atoms with Gasteiger partial charge in [0.2, 0.25) is 0 Å². The van der Waals surface area contributed by atoms with E-state index in [1.54, 1.807) is 0 Å². The summed E-state index contributed by atoms with van der Waals surface area (Å²) < 4.78 is 0. The Kier molecular flexibility index (Phi) is 4.22. The molecule has 0 aromatic heterocycles. The highest BCUT2D eigenvalue weighted by molar-refractivity contribution is 5.47. The molecule has 1 aliphatic heterocycles. The van der Waals surface area contributed by atoms with E-state index in [4.69, 9.17) is 0 Å². The van der Waals surface area contributed by atoms with Crippen LogP contribution in [0.2, 0.25) is 0 Å². The molecule has 0 bridgehead atoms. The summed E-state index contributed by atoms with van der Waals surface area (Å²) in [5.74, 6) is 0. The lowest BCUT2D eigenvalue weighted by atomic mass is 9.92. The molecule has 0 amide bonds. The molecule has 1 unspecified atom stereocenters. The van der Waals surface area contributed by atoms with Crippen molar-refractivity contribution in [3.63, 3.8) is 0 Å². The number of para-hydroxylation sites is 1. The van der Waals surface area contributed by atoms with Crippen LogP contribution in [0.4, 0.5) is 5.69 Å². The van der Waals surface area contributed by atoms with E-state index in [0.717, 1.165) is 44.6 Å². The van der Waals surface area contributed by atoms with Crippen LogP contribution >= 0.6 is 0 Å². The number of nitrogens with one attached hydrogen (secondary N) is 1. The number of nitriles is 1. The molecule has 1 fully saturated rings. The van der Waals surface area contributed by atoms with Crippen molar-refractivity contribution >= 4 is 5.69 Å². The third kappa shape index (κ3) is 3.02. The molecule has 0 spiro atoms. The second-order valence-corrected chi connectivity index (χ2v) is 4.97. The van der Waals surface area contributed by atoms with Gasteiger partial charge in [-0.05, 0) is 44.5 Å². The van der Waals surface area contributed by atoms with Gasteiger partial charge in [0.1, 0.15) is 5.54 Å². The van der Waals surface area contributed by atoms with E-state index < -0.39 is 5.54 Å². The average molecular weight is 243 g/mol. The van der Waals surface area contributed by atoms with Gasteiger partial charge in [0.25, 0.3) is 0 Å². The van der Waals surface area contributed by atoms with Gasteiger partial charge in [0.15, 0.2) is 0 Å². The van der Waals surface area contributed by atoms with Crippen LogP contribution < -0.4 is 5.32 Å². The van der Waals surface area contributed by atoms with Crippen molar-refractivity contribution in [3.8, 4) is 6.07 Å². The Morgan fingerprint density at radius 3 is 2.72 bits per heavy atom. The van der Waals surface area contributed by atoms with Crippen LogP contribution in [0.5, 0.6) is 0 Å². The number of likely N-dealkylation sites (tertiary alicyclic amines) is 1. The molecule has 1 N–H and O–H groups in total. The van der Waals surface area contributed by atoms with Crippen LogP contribution in [0.15, 0.2) is 30.3 Å². The second-order valence-electron chi connectivity index (χ2n) is 4.97. The van der Waals surface area contributed by atoms with Crippen molar-refractivity contribution in [1.82, 2.24) is 4.90 Å². The summed E-state index contributed by atoms with van der Waals surface area (Å²) >= 11 is 0. The molecule has 0 saturated carbocycles. The highest BCUT2D eigenvalue weighted by Crippen LogP contribution is 2.26. The summed E-state index contributed by atoms with van der Waals surface area (Å²) in [6.07, 6.45) is 2.91. The summed E-state index contributed by atoms with van der Waals surface area (Å²) in [5.41, 5.74) is 0.648. The second kappa shape index (κ2) is 5.88. The molecule has 1 heterocycles. The molecule has 1 atom stereocenters. The minimum Gasteiger partial charge on any atom is -0.367 e. The van der Waals surface area contributed by atoms with E-state index in [-0.39, 0.29) is 0 Å². The SMILES string of the molecule is CCN1CCCC(C#N)(Nc2ccccc2)CC1. The molecule has 18 heavy (non-hydrogen) atoms. The first-order chi connectivity index (χ1) is 8.78. The lowest BCUT2D eigenvalue weighted by molar-refractivity contribution is 0.297. The van der Waals surface area contributed by atoms with Gasteiger partial charge < -0.3 is 10.2 Å². The fourth-order valence-corrected chi connectivity index (χ4v) is 2.57. The minimum absolute atomic E-state index is 0.398. The molecule has 96 valence electrons. The summed E-state index contributed by atoms with van der Waals surface area (Å²) in [5, 5.41) is 13.0. The molecule has 1 aromatic rings. The normalized spacial score (nSPS) is 25.1. The van der Waals surface area contributed by atoms with Crippen LogP contribution in [-0.4, -0.2) is 30.1 Å². The van der Waals surface area contributed by atoms with Crippen LogP contribution in [0.3, 0.4) is 0 Å². The predicted molar refractivity (Wildman–Crippen MR) is 74.4 cm³/mol. The zero-order chi connectivity index (χ0) is 12.8. The number of hydrogen-bond donors (Lipinski definition) is 1. The summed E-state index contributed by atoms with van der Waals surface area (Å²) in [4.78, 5) is 2.42. The van der Waals surface area contributed by atoms with Crippen LogP contribution in [-0.2, 0) is 0 Å². The first kappa shape index (κ1) is 12.9. The van der Waals surface area contributed by atoms with Crippen LogP contribution in [0.1, 0.15) is 26.2 Å². The summed E-state index contributed by atoms with van der Waals surface area (Å²) in [6, 6.07) is 12.6. The largest absolute Gasteiger partial charge is 0.367 e. The van der Waals surface area contributed by atoms with Gasteiger partial charge in [0, 0.05) is 12.2 Å². The van der Waals surface area contributed by atoms with E-state index in [1.807, 2.05) is 30.3 Å². The van der Waals surface area contributed by atoms with Gasteiger partial charge in [-0.1, -0.05) is 25.1 Å². The molecular weight excluding hydrogens is 222 g/mol. The van der Waals surface area contributed by atoms with E-state index in [1.165, 1.54) is 0 Å². The van der Waals surface area contributed by atoms with E-state index >= 15 is 0 Å². The fourth-order valence-electron chi connectivity index (χ4n) is 2.57. The van der Waals surface area contributed by atoms with Crippen molar-refractivity contribution < 1.29 is 0 Å². The van der Waals surface area contributed by atoms with Gasteiger partial charge in [-0.2, -0.15) is 5.26 Å². The smallest absolute Gasteiger partial charge is 0.126 e. The Morgan fingerprint density at radius 1 is 1.28 bits per heavy atom. The fraction of sp³-hybridized carbons (Fsp3) is 0.533. The Bertz CT molecular complexity index is 409. The Balaban J connectivity index is 2.09. The van der Waals surface area contributed by atoms with Crippen molar-refractivity contribution in [3.05, 3.63) is 30.3 Å². The van der Waals surface area contributed by atoms with Crippen LogP contribution in [0, 0.1) is 11.3 Å². The zero-order valence-corrected chi connectivity index (χ0v) is 11.0. The summed E-state index contributed by atoms with van der Waals surface area (Å²) in [7, 11) is 0. The lowest BCUT2D eigenvalue weighted by Crippen LogP contribution is -2.37. The maximum Gasteiger partial charge on any atom is 0.126 e. The monoisotopic (exact) mass is 243 g/mol. The molecule has 0 aliphatic carbocycles. The summed E-state index contributed by atoms with van der Waals surface area (Å²) in [6.45, 7) is 5.37. The van der Waals surface area contributed by atoms with Gasteiger partial charge in [-0.3, -0.25) is 0 Å². The zero-order valence-electron chi connectivity index (χ0n) is 11.0. The predicted octanol–water partition coefficient (Wildman–Crippen LogP) is 2.87. The number of nitrogens with zero attached hydrogens (tertiary/aromatic N) is 2. The quantitative estimate of drug-likeness (QED) is 0.887. The van der Waals surface area contributed by atoms with Gasteiger partial charge >= 0.3 is 0 Å². The van der Waals surface area contributed by atoms with E-state index in [2.05, 4.69) is 23.2 Å². The molecule has 3 nitrogen and oxygen atoms in total. The molecule has 1 saturated heterocycles. The highest BCUT2D eigenvalue weighted by Gasteiger charge is 2.32. The van der Waals surface area contributed by atoms with E-state index in [0.29, 0.717) is 0 Å². The number of hydrogen-bond acceptors (Lipinski definition) is 3. The highest BCUT2D eigenvalue weighted by atomic mass is 15.1. The number of anilines is 1. The molecular formula is C15H21N3. The Hall–Kier alpha value is -1.53. The van der Waals surface area contributed by atoms with E-state index in [9.17, 15) is 5.26 Å². The van der Waals surface area contributed by atoms with Gasteiger partial charge in [-0.25, -0.2) is 0 Å². The number of benzene rings is 1. The van der Waals surface area contributed by atoms with Crippen molar-refractivity contribution in [2.24, 2.45) is 0 Å². The molecule has 2 rings (SSSR count). The molecule has 3 heteroatoms. The van der Waals surface area contributed by atoms with Gasteiger partial charge in [0.05, 0.1) is 6.07 Å². The molecule has 1 aliphatic rings.